The summed E-state index contributed by atoms with van der Waals surface area (Å²) in [6, 6.07) is 12.3. The first kappa shape index (κ1) is 16.7. The van der Waals surface area contributed by atoms with Crippen molar-refractivity contribution in [3.63, 3.8) is 0 Å². The number of benzene rings is 2. The van der Waals surface area contributed by atoms with E-state index in [1.807, 2.05) is 38.1 Å². The van der Waals surface area contributed by atoms with E-state index in [2.05, 4.69) is 0 Å². The molecular formula is C18H20O5. The summed E-state index contributed by atoms with van der Waals surface area (Å²) in [7, 11) is 0. The smallest absolute Gasteiger partial charge is 0.335 e. The van der Waals surface area contributed by atoms with Gasteiger partial charge in [-0.05, 0) is 43.7 Å². The second-order valence-electron chi connectivity index (χ2n) is 4.86. The molecule has 0 spiro atoms. The summed E-state index contributed by atoms with van der Waals surface area (Å²) in [4.78, 5) is 11.0. The molecule has 1 N–H and O–H groups in total. The van der Waals surface area contributed by atoms with Crippen LogP contribution >= 0.6 is 0 Å². The third-order valence-corrected chi connectivity index (χ3v) is 3.18. The monoisotopic (exact) mass is 316 g/mol. The maximum absolute atomic E-state index is 11.0. The molecule has 0 saturated carbocycles. The molecule has 0 heterocycles. The standard InChI is InChI=1S/C18H20O5/c1-3-21-17-12-14(18(19)20)8-9-16(17)23-11-10-22-15-7-5-4-6-13(15)2/h4-9,12H,3,10-11H2,1-2H3,(H,19,20). The number of hydrogen-bond acceptors (Lipinski definition) is 4. The Balaban J connectivity index is 1.94. The van der Waals surface area contributed by atoms with Gasteiger partial charge in [-0.2, -0.15) is 0 Å². The van der Waals surface area contributed by atoms with Crippen molar-refractivity contribution in [2.24, 2.45) is 0 Å². The van der Waals surface area contributed by atoms with E-state index in [1.54, 1.807) is 6.07 Å². The minimum absolute atomic E-state index is 0.164. The molecule has 5 heteroatoms. The van der Waals surface area contributed by atoms with Crippen LogP contribution in [-0.2, 0) is 0 Å². The molecule has 0 aliphatic carbocycles. The molecule has 2 aromatic rings. The van der Waals surface area contributed by atoms with Crippen LogP contribution in [0.15, 0.2) is 42.5 Å². The fourth-order valence-electron chi connectivity index (χ4n) is 2.05. The van der Waals surface area contributed by atoms with Crippen LogP contribution in [0.2, 0.25) is 0 Å². The van der Waals surface area contributed by atoms with Gasteiger partial charge in [0.1, 0.15) is 19.0 Å². The lowest BCUT2D eigenvalue weighted by Crippen LogP contribution is -2.10. The van der Waals surface area contributed by atoms with Crippen molar-refractivity contribution in [2.45, 2.75) is 13.8 Å². The number of para-hydroxylation sites is 1. The molecular weight excluding hydrogens is 296 g/mol. The molecule has 0 aliphatic heterocycles. The molecule has 0 aromatic heterocycles. The summed E-state index contributed by atoms with van der Waals surface area (Å²) in [6.07, 6.45) is 0. The van der Waals surface area contributed by atoms with Gasteiger partial charge < -0.3 is 19.3 Å². The summed E-state index contributed by atoms with van der Waals surface area (Å²) >= 11 is 0. The highest BCUT2D eigenvalue weighted by Gasteiger charge is 2.10. The van der Waals surface area contributed by atoms with E-state index in [0.29, 0.717) is 31.3 Å². The molecule has 2 rings (SSSR count). The summed E-state index contributed by atoms with van der Waals surface area (Å²) in [6.45, 7) is 4.96. The molecule has 122 valence electrons. The van der Waals surface area contributed by atoms with Crippen LogP contribution in [0.4, 0.5) is 0 Å². The van der Waals surface area contributed by atoms with Crippen LogP contribution in [0.1, 0.15) is 22.8 Å². The summed E-state index contributed by atoms with van der Waals surface area (Å²) < 4.78 is 16.7. The van der Waals surface area contributed by atoms with Gasteiger partial charge in [0.25, 0.3) is 0 Å². The predicted molar refractivity (Wildman–Crippen MR) is 86.7 cm³/mol. The Kier molecular flexibility index (Phi) is 5.86. The molecule has 0 unspecified atom stereocenters. The van der Waals surface area contributed by atoms with Gasteiger partial charge in [-0.1, -0.05) is 18.2 Å². The molecule has 5 nitrogen and oxygen atoms in total. The largest absolute Gasteiger partial charge is 0.490 e. The third kappa shape index (κ3) is 4.64. The van der Waals surface area contributed by atoms with Gasteiger partial charge in [-0.25, -0.2) is 4.79 Å². The van der Waals surface area contributed by atoms with E-state index in [9.17, 15) is 4.79 Å². The van der Waals surface area contributed by atoms with E-state index in [1.165, 1.54) is 12.1 Å². The topological polar surface area (TPSA) is 65.0 Å². The molecule has 0 bridgehead atoms. The van der Waals surface area contributed by atoms with Gasteiger partial charge in [0.05, 0.1) is 12.2 Å². The molecule has 2 aromatic carbocycles. The Morgan fingerprint density at radius 2 is 1.65 bits per heavy atom. The van der Waals surface area contributed by atoms with Crippen molar-refractivity contribution in [3.05, 3.63) is 53.6 Å². The maximum atomic E-state index is 11.0. The Morgan fingerprint density at radius 3 is 2.30 bits per heavy atom. The minimum atomic E-state index is -1.000. The molecule has 0 radical (unpaired) electrons. The van der Waals surface area contributed by atoms with E-state index in [-0.39, 0.29) is 5.56 Å². The Bertz CT molecular complexity index is 666. The first-order valence-electron chi connectivity index (χ1n) is 7.43. The van der Waals surface area contributed by atoms with Crippen LogP contribution in [0.3, 0.4) is 0 Å². The predicted octanol–water partition coefficient (Wildman–Crippen LogP) is 3.55. The van der Waals surface area contributed by atoms with Gasteiger partial charge in [-0.3, -0.25) is 0 Å². The van der Waals surface area contributed by atoms with E-state index < -0.39 is 5.97 Å². The van der Waals surface area contributed by atoms with Gasteiger partial charge in [0, 0.05) is 0 Å². The number of carboxylic acid groups (broad SMARTS) is 1. The first-order valence-corrected chi connectivity index (χ1v) is 7.43. The van der Waals surface area contributed by atoms with Crippen molar-refractivity contribution in [3.8, 4) is 17.2 Å². The van der Waals surface area contributed by atoms with Crippen LogP contribution < -0.4 is 14.2 Å². The fraction of sp³-hybridized carbons (Fsp3) is 0.278. The lowest BCUT2D eigenvalue weighted by Gasteiger charge is -2.13. The van der Waals surface area contributed by atoms with E-state index >= 15 is 0 Å². The van der Waals surface area contributed by atoms with Crippen LogP contribution in [-0.4, -0.2) is 30.9 Å². The van der Waals surface area contributed by atoms with Crippen molar-refractivity contribution >= 4 is 5.97 Å². The summed E-state index contributed by atoms with van der Waals surface area (Å²) in [5, 5.41) is 9.02. The highest BCUT2D eigenvalue weighted by molar-refractivity contribution is 5.88. The normalized spacial score (nSPS) is 10.2. The van der Waals surface area contributed by atoms with Crippen LogP contribution in [0.5, 0.6) is 17.2 Å². The zero-order valence-corrected chi connectivity index (χ0v) is 13.2. The van der Waals surface area contributed by atoms with E-state index in [4.69, 9.17) is 19.3 Å². The number of aromatic carboxylic acids is 1. The van der Waals surface area contributed by atoms with Crippen molar-refractivity contribution in [1.82, 2.24) is 0 Å². The van der Waals surface area contributed by atoms with Crippen molar-refractivity contribution < 1.29 is 24.1 Å². The highest BCUT2D eigenvalue weighted by atomic mass is 16.5. The van der Waals surface area contributed by atoms with Crippen molar-refractivity contribution in [2.75, 3.05) is 19.8 Å². The minimum Gasteiger partial charge on any atom is -0.490 e. The molecule has 23 heavy (non-hydrogen) atoms. The summed E-state index contributed by atoms with van der Waals surface area (Å²) in [5.41, 5.74) is 1.23. The number of aryl methyl sites for hydroxylation is 1. The Morgan fingerprint density at radius 1 is 0.957 bits per heavy atom. The Labute approximate surface area is 135 Å². The molecule has 0 fully saturated rings. The maximum Gasteiger partial charge on any atom is 0.335 e. The van der Waals surface area contributed by atoms with E-state index in [0.717, 1.165) is 11.3 Å². The number of rotatable bonds is 8. The third-order valence-electron chi connectivity index (χ3n) is 3.18. The second kappa shape index (κ2) is 8.08. The number of ether oxygens (including phenoxy) is 3. The van der Waals surface area contributed by atoms with Crippen LogP contribution in [0, 0.1) is 6.92 Å². The van der Waals surface area contributed by atoms with Gasteiger partial charge in [0.2, 0.25) is 0 Å². The zero-order valence-electron chi connectivity index (χ0n) is 13.2. The van der Waals surface area contributed by atoms with Gasteiger partial charge in [-0.15, -0.1) is 0 Å². The number of carbonyl (C=O) groups is 1. The van der Waals surface area contributed by atoms with Crippen molar-refractivity contribution in [1.29, 1.82) is 0 Å². The molecule has 0 amide bonds. The van der Waals surface area contributed by atoms with Gasteiger partial charge >= 0.3 is 5.97 Å². The zero-order chi connectivity index (χ0) is 16.7. The molecule has 0 atom stereocenters. The SMILES string of the molecule is CCOc1cc(C(=O)O)ccc1OCCOc1ccccc1C. The summed E-state index contributed by atoms with van der Waals surface area (Å²) in [5.74, 6) is 0.747. The quantitative estimate of drug-likeness (QED) is 0.755. The van der Waals surface area contributed by atoms with Gasteiger partial charge in [0.15, 0.2) is 11.5 Å². The Hall–Kier alpha value is -2.69. The number of hydrogen-bond donors (Lipinski definition) is 1. The molecule has 0 saturated heterocycles. The first-order chi connectivity index (χ1) is 11.1. The lowest BCUT2D eigenvalue weighted by molar-refractivity contribution is 0.0696. The van der Waals surface area contributed by atoms with Crippen LogP contribution in [0.25, 0.3) is 0 Å². The lowest BCUT2D eigenvalue weighted by atomic mass is 10.2. The average molecular weight is 316 g/mol. The highest BCUT2D eigenvalue weighted by Crippen LogP contribution is 2.28. The number of carboxylic acids is 1. The second-order valence-corrected chi connectivity index (χ2v) is 4.86. The fourth-order valence-corrected chi connectivity index (χ4v) is 2.05. The molecule has 0 aliphatic rings. The average Bonchev–Trinajstić information content (AvgIpc) is 2.54.